The van der Waals surface area contributed by atoms with Crippen LogP contribution in [0.1, 0.15) is 62.9 Å². The van der Waals surface area contributed by atoms with Crippen LogP contribution in [-0.4, -0.2) is 104 Å². The number of benzene rings is 5. The van der Waals surface area contributed by atoms with Gasteiger partial charge in [0.2, 0.25) is 5.52 Å². The molecule has 16 aromatic rings. The predicted octanol–water partition coefficient (Wildman–Crippen LogP) is 24.6. The second-order valence-corrected chi connectivity index (χ2v) is 37.3. The van der Waals surface area contributed by atoms with E-state index in [1.165, 1.54) is 40.1 Å². The van der Waals surface area contributed by atoms with Gasteiger partial charge in [0.25, 0.3) is 0 Å². The molecule has 0 atom stereocenters. The Morgan fingerprint density at radius 1 is 0.541 bits per heavy atom. The Morgan fingerprint density at radius 2 is 0.984 bits per heavy atom. The number of allylic oxidation sites excluding steroid dienone is 1. The monoisotopic (exact) mass is 2040 g/mol. The zero-order valence-electron chi connectivity index (χ0n) is 65.9. The van der Waals surface area contributed by atoms with Gasteiger partial charge in [-0.1, -0.05) is 112 Å². The predicted molar refractivity (Wildman–Crippen MR) is 525 cm³/mol. The number of aromatic nitrogens is 7. The molecule has 2 aliphatic heterocycles. The third kappa shape index (κ3) is 29.0. The van der Waals surface area contributed by atoms with E-state index >= 15 is 0 Å². The summed E-state index contributed by atoms with van der Waals surface area (Å²) in [5, 5.41) is 52.6. The van der Waals surface area contributed by atoms with E-state index in [-0.39, 0.29) is 37.8 Å². The lowest BCUT2D eigenvalue weighted by Gasteiger charge is -2.32. The zero-order valence-corrected chi connectivity index (χ0v) is 78.6. The van der Waals surface area contributed by atoms with Gasteiger partial charge in [-0.25, -0.2) is 9.97 Å². The van der Waals surface area contributed by atoms with Gasteiger partial charge in [-0.05, 0) is 249 Å². The van der Waals surface area contributed by atoms with E-state index in [0.717, 1.165) is 143 Å². The molecule has 0 spiro atoms. The number of anilines is 2. The standard InChI is InChI=1S/C18H16N4OS.C15H13BrN2OS.C15H12BrNO2S.C15H12BrNOS.C10H16BNO2.C9H6BrNO.C6H8OS.CHCl3.CH4/c19-18-10-17(23-7-4-12-5-8-24-11-12)14-2-1-13(9-16(14)21-18)15-3-6-20-22-15;16-11-1-2-12-13(7-11)18-15(17)8-14(12)19-5-3-10-4-6-20-9-10;16-12-1-2-13-14(9-12)17(18)6-3-15(13)19-7-4-11-5-8-20-10-11;16-12-1-2-13-14(9-12)17-6-3-15(13)18-7-4-11-5-8-19-10-11;1-9(2)10(3,4)14-11(13-9)8-5-6-12-7-8;10-6-1-2-7-8(5-6)11-4-3-9(7)12;7-3-1-6-2-4-8-5-6;2-1(3)4;/h1-3,5-6,8-11H,4,7H2,(H2,19,21)(H,20,22);1-2,4,6-9H,3,5H2,(H2,17,18);1-3,5-6,8-10H,4,7H2;1-3,5-6,8-10H,4,7H2;5-6H,7H2,1-4H3;1-5H,(H,11,12);2,4-5,7H,1,3H2;1H;1H4. The molecule has 0 saturated carbocycles. The smallest absolute Gasteiger partial charge is 0.492 e. The SMILES string of the molecule is Brc1ccc2c(OCCc3ccsc3)ccnc2c1.C.CC1(C)OB(C2=CC=NC2)OC1(C)C.ClC(Cl)Cl.Nc1cc(OCCc2ccsc2)c2ccc(-c3ccn[nH]3)cc2n1.Nc1cc(OCCc2ccsc2)c2ccc(Br)cc2n1.O=c1cc[nH]c2cc(Br)ccc12.OCCc1ccsc1.[O-][n+]1ccc(OCCc2ccsc2)c2ccc(Br)cc21. The highest BCUT2D eigenvalue weighted by Crippen LogP contribution is 2.39. The molecule has 0 amide bonds. The molecule has 634 valence electrons. The largest absolute Gasteiger partial charge is 0.618 e. The molecule has 5 aromatic carbocycles. The summed E-state index contributed by atoms with van der Waals surface area (Å²) >= 11 is 36.5. The van der Waals surface area contributed by atoms with Gasteiger partial charge in [0, 0.05) is 132 Å². The number of aliphatic hydroxyl groups excluding tert-OH is 1. The molecule has 18 rings (SSSR count). The Labute approximate surface area is 777 Å². The number of nitrogens with one attached hydrogen (secondary N) is 2. The summed E-state index contributed by atoms with van der Waals surface area (Å²) in [5.41, 5.74) is 24.9. The molecule has 1 fully saturated rings. The maximum absolute atomic E-state index is 11.8. The average molecular weight is 2050 g/mol. The number of H-pyrrole nitrogens is 2. The lowest BCUT2D eigenvalue weighted by atomic mass is 9.79. The number of pyridine rings is 5. The molecule has 32 heteroatoms. The molecule has 19 nitrogen and oxygen atoms in total. The number of fused-ring (bicyclic) bond motifs is 5. The zero-order chi connectivity index (χ0) is 85.7. The molecule has 0 radical (unpaired) electrons. The third-order valence-electron chi connectivity index (χ3n) is 18.7. The molecule has 1 saturated heterocycles. The van der Waals surface area contributed by atoms with Crippen molar-refractivity contribution in [1.82, 2.24) is 30.1 Å². The van der Waals surface area contributed by atoms with Crippen LogP contribution < -0.4 is 40.6 Å². The number of rotatable bonds is 20. The van der Waals surface area contributed by atoms with E-state index in [1.807, 2.05) is 109 Å². The van der Waals surface area contributed by atoms with Crippen molar-refractivity contribution in [3.8, 4) is 34.3 Å². The van der Waals surface area contributed by atoms with Crippen molar-refractivity contribution in [1.29, 1.82) is 0 Å². The number of halogens is 7. The van der Waals surface area contributed by atoms with Gasteiger partial charge in [-0.2, -0.15) is 66.5 Å². The van der Waals surface area contributed by atoms with E-state index < -0.39 is 4.30 Å². The van der Waals surface area contributed by atoms with Crippen molar-refractivity contribution in [3.63, 3.8) is 0 Å². The van der Waals surface area contributed by atoms with Gasteiger partial charge < -0.3 is 55.0 Å². The highest BCUT2D eigenvalue weighted by molar-refractivity contribution is 9.11. The molecule has 2 aliphatic rings. The van der Waals surface area contributed by atoms with E-state index in [9.17, 15) is 10.0 Å². The van der Waals surface area contributed by atoms with Crippen LogP contribution in [0.4, 0.5) is 11.6 Å². The molecule has 0 unspecified atom stereocenters. The van der Waals surface area contributed by atoms with E-state index in [0.29, 0.717) is 50.1 Å². The van der Waals surface area contributed by atoms with Gasteiger partial charge in [0.05, 0.1) is 77.3 Å². The fraction of sp³-hybridized carbons (Fsp3) is 0.211. The number of nitrogen functional groups attached to an aromatic ring is 2. The summed E-state index contributed by atoms with van der Waals surface area (Å²) in [6.07, 6.45) is 14.8. The average Bonchev–Trinajstić information content (AvgIpc) is 1.62. The quantitative estimate of drug-likeness (QED) is 0.0205. The normalized spacial score (nSPS) is 12.6. The minimum atomic E-state index is -0.750. The topological polar surface area (TPSA) is 267 Å². The summed E-state index contributed by atoms with van der Waals surface area (Å²) in [5.74, 6) is 4.12. The summed E-state index contributed by atoms with van der Waals surface area (Å²) in [7, 11) is -0.220. The minimum Gasteiger partial charge on any atom is -0.618 e. The minimum absolute atomic E-state index is 0. The summed E-state index contributed by atoms with van der Waals surface area (Å²) < 4.78 is 39.3. The van der Waals surface area contributed by atoms with Crippen molar-refractivity contribution < 1.29 is 38.1 Å². The number of hydrogen-bond donors (Lipinski definition) is 5. The lowest BCUT2D eigenvalue weighted by Crippen LogP contribution is -2.41. The van der Waals surface area contributed by atoms with Crippen LogP contribution in [0, 0.1) is 5.21 Å². The van der Waals surface area contributed by atoms with Crippen LogP contribution in [0.15, 0.2) is 276 Å². The Bertz CT molecular complexity index is 6020. The van der Waals surface area contributed by atoms with Gasteiger partial charge in [0.1, 0.15) is 34.6 Å². The molecular formula is C90H88BBr4Cl3N10O9S5. The van der Waals surface area contributed by atoms with E-state index in [2.05, 4.69) is 199 Å². The Balaban J connectivity index is 0.000000150. The third-order valence-corrected chi connectivity index (χ3v) is 24.3. The van der Waals surface area contributed by atoms with Crippen molar-refractivity contribution in [2.24, 2.45) is 4.99 Å². The number of aromatic amines is 2. The first-order valence-corrected chi connectivity index (χ1v) is 47.0. The van der Waals surface area contributed by atoms with Crippen LogP contribution in [-0.2, 0) is 41.4 Å². The first-order chi connectivity index (χ1) is 58.4. The molecule has 0 bridgehead atoms. The number of aliphatic hydroxyl groups is 1. The molecule has 122 heavy (non-hydrogen) atoms. The highest BCUT2D eigenvalue weighted by atomic mass is 79.9. The number of nitrogens with two attached hydrogens (primary N) is 2. The molecule has 7 N–H and O–H groups in total. The Kier molecular flexibility index (Phi) is 37.7. The van der Waals surface area contributed by atoms with Crippen LogP contribution in [0.2, 0.25) is 0 Å². The van der Waals surface area contributed by atoms with Crippen molar-refractivity contribution in [2.45, 2.75) is 82.7 Å². The van der Waals surface area contributed by atoms with Crippen LogP contribution in [0.25, 0.3) is 65.8 Å². The van der Waals surface area contributed by atoms with Crippen molar-refractivity contribution in [3.05, 3.63) is 309 Å². The van der Waals surface area contributed by atoms with E-state index in [1.54, 1.807) is 112 Å². The van der Waals surface area contributed by atoms with Gasteiger partial charge in [-0.3, -0.25) is 19.9 Å². The summed E-state index contributed by atoms with van der Waals surface area (Å²) in [6.45, 7) is 11.7. The fourth-order valence-corrected chi connectivity index (χ4v) is 16.8. The lowest BCUT2D eigenvalue weighted by molar-refractivity contribution is -0.577. The first-order valence-electron chi connectivity index (χ1n) is 37.8. The van der Waals surface area contributed by atoms with Gasteiger partial charge in [0.15, 0.2) is 15.9 Å². The molecule has 13 heterocycles. The van der Waals surface area contributed by atoms with Gasteiger partial charge >= 0.3 is 7.12 Å². The number of hydrogen-bond acceptors (Lipinski definition) is 21. The van der Waals surface area contributed by atoms with Crippen LogP contribution in [0.3, 0.4) is 0 Å². The Morgan fingerprint density at radius 3 is 1.46 bits per heavy atom. The Hall–Kier alpha value is -8.60. The fourth-order valence-electron chi connectivity index (χ4n) is 11.8. The summed E-state index contributed by atoms with van der Waals surface area (Å²) in [4.78, 5) is 31.5. The molecular weight excluding hydrogens is 1960 g/mol. The number of alkyl halides is 3. The number of aliphatic imine (C=N–C) groups is 1. The van der Waals surface area contributed by atoms with E-state index in [4.69, 9.17) is 79.6 Å². The van der Waals surface area contributed by atoms with Crippen molar-refractivity contribution in [2.75, 3.05) is 51.0 Å². The van der Waals surface area contributed by atoms with Crippen molar-refractivity contribution >= 4 is 235 Å². The maximum Gasteiger partial charge on any atom is 0.492 e. The van der Waals surface area contributed by atoms with Crippen LogP contribution in [0.5, 0.6) is 23.0 Å². The number of nitrogens with zero attached hydrogens (tertiary/aromatic N) is 6. The highest BCUT2D eigenvalue weighted by Gasteiger charge is 2.52. The van der Waals surface area contributed by atoms with Crippen LogP contribution >= 0.6 is 155 Å². The second kappa shape index (κ2) is 48.0. The maximum atomic E-state index is 11.8. The molecule has 11 aromatic heterocycles. The number of thiophene rings is 5. The first kappa shape index (κ1) is 95.6. The second-order valence-electron chi connectivity index (χ2n) is 27.7. The summed E-state index contributed by atoms with van der Waals surface area (Å²) in [6, 6.07) is 50.3. The number of ether oxygens (including phenoxy) is 4. The molecule has 0 aliphatic carbocycles. The van der Waals surface area contributed by atoms with Gasteiger partial charge in [-0.15, -0.1) is 0 Å².